The Morgan fingerprint density at radius 1 is 1.42 bits per heavy atom. The van der Waals surface area contributed by atoms with E-state index >= 15 is 0 Å². The van der Waals surface area contributed by atoms with Crippen molar-refractivity contribution >= 4 is 23.2 Å². The molecule has 7 heteroatoms. The molecule has 2 aromatic rings. The molecule has 0 aliphatic carbocycles. The van der Waals surface area contributed by atoms with Crippen LogP contribution in [-0.2, 0) is 20.0 Å². The molecule has 102 valence electrons. The van der Waals surface area contributed by atoms with Gasteiger partial charge in [0.15, 0.2) is 13.0 Å². The summed E-state index contributed by atoms with van der Waals surface area (Å²) in [5.41, 5.74) is 1.50. The molecule has 1 aromatic carbocycles. The lowest BCUT2D eigenvalue weighted by atomic mass is 10.1. The molecule has 0 amide bonds. The molecule has 0 aliphatic rings. The smallest absolute Gasteiger partial charge is 0.246 e. The van der Waals surface area contributed by atoms with Gasteiger partial charge in [0.05, 0.1) is 11.8 Å². The van der Waals surface area contributed by atoms with Crippen LogP contribution in [0.2, 0.25) is 10.0 Å². The van der Waals surface area contributed by atoms with Crippen molar-refractivity contribution in [3.05, 3.63) is 39.5 Å². The minimum Gasteiger partial charge on any atom is -0.539 e. The monoisotopic (exact) mass is 301 g/mol. The number of aryl methyl sites for hydroxylation is 1. The van der Waals surface area contributed by atoms with Crippen LogP contribution < -0.4 is 15.1 Å². The van der Waals surface area contributed by atoms with E-state index in [-0.39, 0.29) is 0 Å². The summed E-state index contributed by atoms with van der Waals surface area (Å²) < 4.78 is 5.95. The van der Waals surface area contributed by atoms with Gasteiger partial charge in [-0.15, -0.1) is 0 Å². The van der Waals surface area contributed by atoms with Gasteiger partial charge in [-0.3, -0.25) is 0 Å². The van der Waals surface area contributed by atoms with Crippen molar-refractivity contribution in [3.8, 4) is 5.95 Å². The molecule has 0 spiro atoms. The number of rotatable bonds is 5. The lowest BCUT2D eigenvalue weighted by Gasteiger charge is -2.05. The van der Waals surface area contributed by atoms with Crippen molar-refractivity contribution in [2.75, 3.05) is 6.54 Å². The van der Waals surface area contributed by atoms with E-state index in [0.29, 0.717) is 28.8 Å². The predicted molar refractivity (Wildman–Crippen MR) is 69.0 cm³/mol. The Morgan fingerprint density at radius 2 is 2.21 bits per heavy atom. The number of hydrogen-bond donors (Lipinski definition) is 1. The van der Waals surface area contributed by atoms with E-state index in [2.05, 4.69) is 15.1 Å². The summed E-state index contributed by atoms with van der Waals surface area (Å²) in [6.45, 7) is 1.09. The highest BCUT2D eigenvalue weighted by molar-refractivity contribution is 6.35. The summed E-state index contributed by atoms with van der Waals surface area (Å²) in [7, 11) is 1.66. The standard InChI is InChI=1S/C12H13Cl2N3O2/c1-17-11(12(18)19-16-17)7-15-5-4-8-2-3-9(13)6-10(8)14/h2-3,6,15H,4-5,7H2,1H3. The molecular formula is C12H13Cl2N3O2. The van der Waals surface area contributed by atoms with E-state index < -0.39 is 5.95 Å². The number of hydrogen-bond acceptors (Lipinski definition) is 4. The number of aromatic nitrogens is 2. The molecule has 0 saturated carbocycles. The van der Waals surface area contributed by atoms with Crippen LogP contribution in [0, 0.1) is 0 Å². The largest absolute Gasteiger partial charge is 0.539 e. The minimum atomic E-state index is -0.417. The Hall–Kier alpha value is -1.30. The second-order valence-corrected chi connectivity index (χ2v) is 4.94. The van der Waals surface area contributed by atoms with Gasteiger partial charge < -0.3 is 14.9 Å². The minimum absolute atomic E-state index is 0.407. The van der Waals surface area contributed by atoms with Crippen LogP contribution in [0.4, 0.5) is 0 Å². The van der Waals surface area contributed by atoms with Gasteiger partial charge in [-0.2, -0.15) is 0 Å². The van der Waals surface area contributed by atoms with Gasteiger partial charge >= 0.3 is 0 Å². The van der Waals surface area contributed by atoms with E-state index in [1.165, 1.54) is 4.68 Å². The van der Waals surface area contributed by atoms with Crippen molar-refractivity contribution in [3.63, 3.8) is 0 Å². The fourth-order valence-electron chi connectivity index (χ4n) is 1.67. The number of halogens is 2. The first-order chi connectivity index (χ1) is 9.08. The Kier molecular flexibility index (Phi) is 4.63. The maximum absolute atomic E-state index is 11.3. The highest BCUT2D eigenvalue weighted by Gasteiger charge is 2.11. The summed E-state index contributed by atoms with van der Waals surface area (Å²) in [6, 6.07) is 5.41. The van der Waals surface area contributed by atoms with Gasteiger partial charge in [0, 0.05) is 10.0 Å². The van der Waals surface area contributed by atoms with Crippen LogP contribution >= 0.6 is 23.2 Å². The van der Waals surface area contributed by atoms with E-state index in [0.717, 1.165) is 12.0 Å². The van der Waals surface area contributed by atoms with E-state index in [9.17, 15) is 5.11 Å². The highest BCUT2D eigenvalue weighted by Crippen LogP contribution is 2.21. The fraction of sp³-hybridized carbons (Fsp3) is 0.333. The second-order valence-electron chi connectivity index (χ2n) is 4.09. The molecule has 0 fully saturated rings. The van der Waals surface area contributed by atoms with Crippen molar-refractivity contribution in [2.45, 2.75) is 13.0 Å². The average molecular weight is 302 g/mol. The Labute approximate surface area is 120 Å². The first-order valence-electron chi connectivity index (χ1n) is 5.74. The number of benzene rings is 1. The topological polar surface area (TPSA) is 65.0 Å². The Bertz CT molecular complexity index is 553. The van der Waals surface area contributed by atoms with E-state index in [4.69, 9.17) is 23.2 Å². The first-order valence-corrected chi connectivity index (χ1v) is 6.50. The van der Waals surface area contributed by atoms with Crippen molar-refractivity contribution < 1.29 is 14.3 Å². The third kappa shape index (κ3) is 3.59. The zero-order valence-electron chi connectivity index (χ0n) is 10.3. The molecule has 0 radical (unpaired) electrons. The van der Waals surface area contributed by atoms with E-state index in [1.54, 1.807) is 19.2 Å². The van der Waals surface area contributed by atoms with Gasteiger partial charge in [-0.1, -0.05) is 34.0 Å². The fourth-order valence-corrected chi connectivity index (χ4v) is 2.18. The zero-order valence-corrected chi connectivity index (χ0v) is 11.8. The Morgan fingerprint density at radius 3 is 2.84 bits per heavy atom. The van der Waals surface area contributed by atoms with Crippen LogP contribution in [0.3, 0.4) is 0 Å². The molecule has 0 saturated heterocycles. The van der Waals surface area contributed by atoms with Crippen molar-refractivity contribution in [1.82, 2.24) is 10.6 Å². The average Bonchev–Trinajstić information content (AvgIpc) is 2.68. The molecule has 2 rings (SSSR count). The molecule has 0 bridgehead atoms. The molecule has 1 N–H and O–H groups in total. The molecule has 0 unspecified atom stereocenters. The van der Waals surface area contributed by atoms with E-state index in [1.807, 2.05) is 6.07 Å². The van der Waals surface area contributed by atoms with Gasteiger partial charge in [0.25, 0.3) is 0 Å². The maximum Gasteiger partial charge on any atom is 0.246 e. The second kappa shape index (κ2) is 6.23. The molecule has 19 heavy (non-hydrogen) atoms. The third-order valence-electron chi connectivity index (χ3n) is 2.75. The molecule has 5 nitrogen and oxygen atoms in total. The Balaban J connectivity index is 1.84. The molecule has 0 atom stereocenters. The summed E-state index contributed by atoms with van der Waals surface area (Å²) >= 11 is 11.9. The van der Waals surface area contributed by atoms with Gasteiger partial charge in [0.2, 0.25) is 5.69 Å². The van der Waals surface area contributed by atoms with Gasteiger partial charge in [0.1, 0.15) is 0 Å². The van der Waals surface area contributed by atoms with Crippen LogP contribution in [0.5, 0.6) is 5.95 Å². The molecule has 0 aliphatic heterocycles. The first kappa shape index (κ1) is 14.1. The predicted octanol–water partition coefficient (Wildman–Crippen LogP) is 1.21. The maximum atomic E-state index is 11.3. The van der Waals surface area contributed by atoms with Gasteiger partial charge in [-0.05, 0) is 30.7 Å². The zero-order chi connectivity index (χ0) is 13.8. The number of nitrogens with one attached hydrogen (secondary N) is 1. The normalized spacial score (nSPS) is 10.9. The van der Waals surface area contributed by atoms with Crippen LogP contribution in [-0.4, -0.2) is 11.8 Å². The molecule has 1 aromatic heterocycles. The molecular weight excluding hydrogens is 289 g/mol. The van der Waals surface area contributed by atoms with Crippen molar-refractivity contribution in [1.29, 1.82) is 0 Å². The van der Waals surface area contributed by atoms with Crippen LogP contribution in [0.25, 0.3) is 0 Å². The van der Waals surface area contributed by atoms with Gasteiger partial charge in [-0.25, -0.2) is 0 Å². The lowest BCUT2D eigenvalue weighted by molar-refractivity contribution is -0.746. The lowest BCUT2D eigenvalue weighted by Crippen LogP contribution is -2.37. The highest BCUT2D eigenvalue weighted by atomic mass is 35.5. The van der Waals surface area contributed by atoms with Crippen molar-refractivity contribution in [2.24, 2.45) is 7.05 Å². The summed E-state index contributed by atoms with van der Waals surface area (Å²) in [5.74, 6) is -0.417. The summed E-state index contributed by atoms with van der Waals surface area (Å²) in [6.07, 6.45) is 0.749. The summed E-state index contributed by atoms with van der Waals surface area (Å²) in [4.78, 5) is 0. The van der Waals surface area contributed by atoms with Crippen LogP contribution in [0.15, 0.2) is 22.7 Å². The quantitative estimate of drug-likeness (QED) is 0.666. The third-order valence-corrected chi connectivity index (χ3v) is 3.34. The summed E-state index contributed by atoms with van der Waals surface area (Å²) in [5, 5.41) is 19.2. The number of nitrogens with zero attached hydrogens (tertiary/aromatic N) is 2. The molecule has 1 heterocycles. The van der Waals surface area contributed by atoms with Crippen LogP contribution in [0.1, 0.15) is 11.3 Å². The SMILES string of the molecule is C[n+]1noc([O-])c1CNCCc1ccc(Cl)cc1Cl.